The topological polar surface area (TPSA) is 81.9 Å². The summed E-state index contributed by atoms with van der Waals surface area (Å²) in [5.41, 5.74) is 2.87. The predicted octanol–water partition coefficient (Wildman–Crippen LogP) is 5.35. The molecule has 34 heavy (non-hydrogen) atoms. The molecule has 4 rings (SSSR count). The van der Waals surface area contributed by atoms with Crippen molar-refractivity contribution in [2.45, 2.75) is 45.5 Å². The fraction of sp³-hybridized carbons (Fsp3) is 0.308. The van der Waals surface area contributed by atoms with Gasteiger partial charge in [-0.05, 0) is 54.3 Å². The van der Waals surface area contributed by atoms with Gasteiger partial charge in [-0.2, -0.15) is 0 Å². The van der Waals surface area contributed by atoms with E-state index in [2.05, 4.69) is 53.4 Å². The van der Waals surface area contributed by atoms with Crippen LogP contribution in [0.3, 0.4) is 0 Å². The molecule has 8 heteroatoms. The van der Waals surface area contributed by atoms with Gasteiger partial charge in [-0.15, -0.1) is 10.2 Å². The van der Waals surface area contributed by atoms with Gasteiger partial charge in [0.15, 0.2) is 11.0 Å². The number of nitrogens with zero attached hydrogens (tertiary/aromatic N) is 4. The fourth-order valence-corrected chi connectivity index (χ4v) is 4.35. The van der Waals surface area contributed by atoms with Crippen LogP contribution in [0.25, 0.3) is 10.9 Å². The summed E-state index contributed by atoms with van der Waals surface area (Å²) in [4.78, 5) is 17.0. The molecular weight excluding hydrogens is 446 g/mol. The van der Waals surface area contributed by atoms with Crippen molar-refractivity contribution < 1.29 is 9.53 Å². The molecule has 2 aromatic carbocycles. The van der Waals surface area contributed by atoms with Crippen molar-refractivity contribution in [2.24, 2.45) is 5.92 Å². The number of aromatic nitrogens is 4. The van der Waals surface area contributed by atoms with E-state index in [9.17, 15) is 4.79 Å². The second kappa shape index (κ2) is 11.2. The lowest BCUT2D eigenvalue weighted by Gasteiger charge is -2.13. The molecule has 2 aromatic heterocycles. The Hall–Kier alpha value is -3.39. The van der Waals surface area contributed by atoms with Crippen LogP contribution >= 0.6 is 11.8 Å². The Labute approximate surface area is 204 Å². The van der Waals surface area contributed by atoms with E-state index in [1.54, 1.807) is 6.20 Å². The Morgan fingerprint density at radius 1 is 1.09 bits per heavy atom. The molecule has 7 nitrogen and oxygen atoms in total. The largest absolute Gasteiger partial charge is 0.486 e. The van der Waals surface area contributed by atoms with Gasteiger partial charge in [0.1, 0.15) is 12.4 Å². The van der Waals surface area contributed by atoms with E-state index in [0.717, 1.165) is 41.1 Å². The Kier molecular flexibility index (Phi) is 7.80. The SMILES string of the molecule is CCc1ccc(OCc2nnc(SCC(=O)Nc3cccc4ncccc34)n2CC(C)C)cc1. The van der Waals surface area contributed by atoms with E-state index in [1.165, 1.54) is 17.3 Å². The maximum Gasteiger partial charge on any atom is 0.234 e. The van der Waals surface area contributed by atoms with Gasteiger partial charge in [-0.25, -0.2) is 0 Å². The van der Waals surface area contributed by atoms with E-state index in [0.29, 0.717) is 17.7 Å². The highest BCUT2D eigenvalue weighted by molar-refractivity contribution is 7.99. The van der Waals surface area contributed by atoms with Crippen molar-refractivity contribution >= 4 is 34.3 Å². The lowest BCUT2D eigenvalue weighted by atomic mass is 10.2. The summed E-state index contributed by atoms with van der Waals surface area (Å²) < 4.78 is 8.00. The first-order valence-electron chi connectivity index (χ1n) is 11.4. The van der Waals surface area contributed by atoms with Crippen molar-refractivity contribution in [3.8, 4) is 5.75 Å². The molecule has 0 saturated carbocycles. The van der Waals surface area contributed by atoms with Gasteiger partial charge >= 0.3 is 0 Å². The Morgan fingerprint density at radius 2 is 1.91 bits per heavy atom. The smallest absolute Gasteiger partial charge is 0.234 e. The summed E-state index contributed by atoms with van der Waals surface area (Å²) in [7, 11) is 0. The summed E-state index contributed by atoms with van der Waals surface area (Å²) in [6, 6.07) is 17.6. The number of benzene rings is 2. The number of carbonyl (C=O) groups is 1. The molecule has 0 aliphatic rings. The molecule has 0 aliphatic heterocycles. The zero-order valence-electron chi connectivity index (χ0n) is 19.7. The zero-order valence-corrected chi connectivity index (χ0v) is 20.5. The monoisotopic (exact) mass is 475 g/mol. The van der Waals surface area contributed by atoms with Crippen molar-refractivity contribution in [3.63, 3.8) is 0 Å². The van der Waals surface area contributed by atoms with Crippen molar-refractivity contribution in [3.05, 3.63) is 72.2 Å². The Bertz CT molecular complexity index is 1250. The number of amides is 1. The lowest BCUT2D eigenvalue weighted by molar-refractivity contribution is -0.113. The molecule has 1 amide bonds. The van der Waals surface area contributed by atoms with Crippen LogP contribution in [-0.4, -0.2) is 31.4 Å². The van der Waals surface area contributed by atoms with Crippen LogP contribution in [0.5, 0.6) is 5.75 Å². The third-order valence-corrected chi connectivity index (χ3v) is 6.26. The van der Waals surface area contributed by atoms with Crippen molar-refractivity contribution in [2.75, 3.05) is 11.1 Å². The highest BCUT2D eigenvalue weighted by atomic mass is 32.2. The van der Waals surface area contributed by atoms with Crippen molar-refractivity contribution in [1.82, 2.24) is 19.7 Å². The number of nitrogens with one attached hydrogen (secondary N) is 1. The van der Waals surface area contributed by atoms with Crippen LogP contribution in [0.15, 0.2) is 66.0 Å². The predicted molar refractivity (Wildman–Crippen MR) is 136 cm³/mol. The van der Waals surface area contributed by atoms with Crippen LogP contribution in [0.1, 0.15) is 32.2 Å². The van der Waals surface area contributed by atoms with Gasteiger partial charge < -0.3 is 14.6 Å². The van der Waals surface area contributed by atoms with E-state index in [1.807, 2.05) is 47.0 Å². The normalized spacial score (nSPS) is 11.2. The summed E-state index contributed by atoms with van der Waals surface area (Å²) in [6.45, 7) is 7.48. The third-order valence-electron chi connectivity index (χ3n) is 5.29. The third kappa shape index (κ3) is 5.94. The van der Waals surface area contributed by atoms with Crippen molar-refractivity contribution in [1.29, 1.82) is 0 Å². The molecule has 0 fully saturated rings. The van der Waals surface area contributed by atoms with Crippen LogP contribution in [-0.2, 0) is 24.4 Å². The van der Waals surface area contributed by atoms with Crippen LogP contribution in [0.4, 0.5) is 5.69 Å². The highest BCUT2D eigenvalue weighted by Gasteiger charge is 2.16. The molecule has 4 aromatic rings. The van der Waals surface area contributed by atoms with Gasteiger partial charge in [0.2, 0.25) is 5.91 Å². The summed E-state index contributed by atoms with van der Waals surface area (Å²) in [5.74, 6) is 2.07. The molecule has 0 saturated heterocycles. The maximum absolute atomic E-state index is 12.7. The molecule has 0 radical (unpaired) electrons. The molecule has 0 unspecified atom stereocenters. The van der Waals surface area contributed by atoms with Gasteiger partial charge in [0.05, 0.1) is 17.0 Å². The summed E-state index contributed by atoms with van der Waals surface area (Å²) >= 11 is 1.38. The molecule has 0 atom stereocenters. The van der Waals surface area contributed by atoms with Gasteiger partial charge in [-0.1, -0.05) is 50.7 Å². The number of pyridine rings is 1. The number of hydrogen-bond acceptors (Lipinski definition) is 6. The number of carbonyl (C=O) groups excluding carboxylic acids is 1. The fourth-order valence-electron chi connectivity index (χ4n) is 3.58. The molecule has 0 aliphatic carbocycles. The second-order valence-corrected chi connectivity index (χ2v) is 9.34. The summed E-state index contributed by atoms with van der Waals surface area (Å²) in [6.07, 6.45) is 2.74. The number of hydrogen-bond donors (Lipinski definition) is 1. The average Bonchev–Trinajstić information content (AvgIpc) is 3.22. The summed E-state index contributed by atoms with van der Waals surface area (Å²) in [5, 5.41) is 13.3. The molecule has 0 spiro atoms. The molecule has 1 N–H and O–H groups in total. The number of thioether (sulfide) groups is 1. The first-order chi connectivity index (χ1) is 16.5. The number of ether oxygens (including phenoxy) is 1. The van der Waals surface area contributed by atoms with E-state index in [-0.39, 0.29) is 11.7 Å². The van der Waals surface area contributed by atoms with E-state index < -0.39 is 0 Å². The quantitative estimate of drug-likeness (QED) is 0.311. The number of anilines is 1. The molecule has 2 heterocycles. The number of aryl methyl sites for hydroxylation is 1. The molecular formula is C26H29N5O2S. The Balaban J connectivity index is 1.41. The minimum Gasteiger partial charge on any atom is -0.486 e. The van der Waals surface area contributed by atoms with Crippen LogP contribution < -0.4 is 10.1 Å². The van der Waals surface area contributed by atoms with Gasteiger partial charge in [0.25, 0.3) is 0 Å². The lowest BCUT2D eigenvalue weighted by Crippen LogP contribution is -2.16. The minimum absolute atomic E-state index is 0.103. The first-order valence-corrected chi connectivity index (χ1v) is 12.4. The van der Waals surface area contributed by atoms with Gasteiger partial charge in [0, 0.05) is 18.1 Å². The second-order valence-electron chi connectivity index (χ2n) is 8.40. The Morgan fingerprint density at radius 3 is 2.68 bits per heavy atom. The number of rotatable bonds is 10. The van der Waals surface area contributed by atoms with Crippen LogP contribution in [0, 0.1) is 5.92 Å². The molecule has 176 valence electrons. The maximum atomic E-state index is 12.7. The first kappa shape index (κ1) is 23.8. The minimum atomic E-state index is -0.103. The molecule has 0 bridgehead atoms. The van der Waals surface area contributed by atoms with Gasteiger partial charge in [-0.3, -0.25) is 9.78 Å². The zero-order chi connectivity index (χ0) is 23.9. The number of fused-ring (bicyclic) bond motifs is 1. The van der Waals surface area contributed by atoms with Crippen LogP contribution in [0.2, 0.25) is 0 Å². The van der Waals surface area contributed by atoms with E-state index >= 15 is 0 Å². The van der Waals surface area contributed by atoms with E-state index in [4.69, 9.17) is 4.74 Å². The standard InChI is InChI=1S/C26H29N5O2S/c1-4-19-10-12-20(13-11-19)33-16-24-29-30-26(31(24)15-18(2)3)34-17-25(32)28-23-9-5-8-22-21(23)7-6-14-27-22/h5-14,18H,4,15-17H2,1-3H3,(H,28,32). The highest BCUT2D eigenvalue weighted by Crippen LogP contribution is 2.24. The average molecular weight is 476 g/mol.